The third kappa shape index (κ3) is 1.63. The van der Waals surface area contributed by atoms with Gasteiger partial charge in [-0.3, -0.25) is 4.79 Å². The zero-order valence-electron chi connectivity index (χ0n) is 10.1. The number of amides is 1. The van der Waals surface area contributed by atoms with E-state index in [0.29, 0.717) is 0 Å². The van der Waals surface area contributed by atoms with Crippen LogP contribution in [0.25, 0.3) is 16.7 Å². The van der Waals surface area contributed by atoms with E-state index in [4.69, 9.17) is 0 Å². The predicted octanol–water partition coefficient (Wildman–Crippen LogP) is 3.19. The van der Waals surface area contributed by atoms with Gasteiger partial charge in [-0.1, -0.05) is 48.5 Å². The zero-order chi connectivity index (χ0) is 12.5. The van der Waals surface area contributed by atoms with Gasteiger partial charge in [0.05, 0.1) is 0 Å². The summed E-state index contributed by atoms with van der Waals surface area (Å²) in [5.74, 6) is -0.0515. The van der Waals surface area contributed by atoms with E-state index in [-0.39, 0.29) is 5.91 Å². The highest BCUT2D eigenvalue weighted by molar-refractivity contribution is 6.01. The summed E-state index contributed by atoms with van der Waals surface area (Å²) in [6.45, 7) is 1.52. The van der Waals surface area contributed by atoms with Crippen molar-refractivity contribution in [2.45, 2.75) is 6.92 Å². The normalized spacial score (nSPS) is 11.7. The Balaban J connectivity index is 2.21. The van der Waals surface area contributed by atoms with E-state index < -0.39 is 0 Å². The van der Waals surface area contributed by atoms with Gasteiger partial charge in [0.15, 0.2) is 0 Å². The van der Waals surface area contributed by atoms with E-state index in [1.165, 1.54) is 29.2 Å². The molecule has 0 radical (unpaired) electrons. The Kier molecular flexibility index (Phi) is 2.49. The van der Waals surface area contributed by atoms with Crippen LogP contribution in [0.4, 0.5) is 0 Å². The molecule has 0 saturated carbocycles. The highest BCUT2D eigenvalue weighted by atomic mass is 16.1. The van der Waals surface area contributed by atoms with Crippen LogP contribution in [0, 0.1) is 0 Å². The van der Waals surface area contributed by atoms with E-state index in [0.717, 1.165) is 5.57 Å². The SMILES string of the molecule is CC(=O)NC=C1c2ccccc2-c2ccccc21. The molecule has 2 heteroatoms. The molecule has 3 rings (SSSR count). The largest absolute Gasteiger partial charge is 0.332 e. The van der Waals surface area contributed by atoms with Gasteiger partial charge in [-0.05, 0) is 22.3 Å². The van der Waals surface area contributed by atoms with E-state index in [1.54, 1.807) is 6.20 Å². The van der Waals surface area contributed by atoms with Crippen LogP contribution in [0.3, 0.4) is 0 Å². The topological polar surface area (TPSA) is 29.1 Å². The summed E-state index contributed by atoms with van der Waals surface area (Å²) < 4.78 is 0. The standard InChI is InChI=1S/C16H13NO/c1-11(18)17-10-16-14-8-4-2-6-12(14)13-7-3-5-9-15(13)16/h2-10H,1H3,(H,17,18). The lowest BCUT2D eigenvalue weighted by Gasteiger charge is -2.02. The minimum atomic E-state index is -0.0515. The highest BCUT2D eigenvalue weighted by Gasteiger charge is 2.21. The summed E-state index contributed by atoms with van der Waals surface area (Å²) in [5.41, 5.74) is 5.88. The molecule has 0 spiro atoms. The molecule has 1 N–H and O–H groups in total. The fourth-order valence-electron chi connectivity index (χ4n) is 2.38. The molecule has 1 aliphatic carbocycles. The molecule has 1 amide bonds. The molecular weight excluding hydrogens is 222 g/mol. The molecule has 0 saturated heterocycles. The summed E-state index contributed by atoms with van der Waals surface area (Å²) in [6.07, 6.45) is 1.80. The van der Waals surface area contributed by atoms with Crippen molar-refractivity contribution in [2.75, 3.05) is 0 Å². The van der Waals surface area contributed by atoms with Crippen molar-refractivity contribution in [2.24, 2.45) is 0 Å². The van der Waals surface area contributed by atoms with Crippen molar-refractivity contribution < 1.29 is 4.79 Å². The summed E-state index contributed by atoms with van der Waals surface area (Å²) >= 11 is 0. The minimum Gasteiger partial charge on any atom is -0.332 e. The smallest absolute Gasteiger partial charge is 0.220 e. The Labute approximate surface area is 106 Å². The lowest BCUT2D eigenvalue weighted by atomic mass is 10.1. The lowest BCUT2D eigenvalue weighted by Crippen LogP contribution is -2.12. The van der Waals surface area contributed by atoms with Crippen molar-refractivity contribution in [3.8, 4) is 11.1 Å². The monoisotopic (exact) mass is 235 g/mol. The second-order valence-electron chi connectivity index (χ2n) is 4.35. The Morgan fingerprint density at radius 1 is 0.889 bits per heavy atom. The van der Waals surface area contributed by atoms with Crippen molar-refractivity contribution in [1.29, 1.82) is 0 Å². The van der Waals surface area contributed by atoms with Crippen molar-refractivity contribution in [3.63, 3.8) is 0 Å². The number of rotatable bonds is 1. The molecule has 2 aromatic rings. The maximum atomic E-state index is 11.1. The number of benzene rings is 2. The number of carbonyl (C=O) groups is 1. The van der Waals surface area contributed by atoms with Crippen molar-refractivity contribution in [3.05, 3.63) is 65.9 Å². The minimum absolute atomic E-state index is 0.0515. The van der Waals surface area contributed by atoms with E-state index in [2.05, 4.69) is 29.6 Å². The summed E-state index contributed by atoms with van der Waals surface area (Å²) in [5, 5.41) is 2.77. The van der Waals surface area contributed by atoms with Gasteiger partial charge in [-0.2, -0.15) is 0 Å². The van der Waals surface area contributed by atoms with E-state index >= 15 is 0 Å². The molecule has 88 valence electrons. The molecule has 0 fully saturated rings. The van der Waals surface area contributed by atoms with Gasteiger partial charge in [0, 0.05) is 18.7 Å². The van der Waals surface area contributed by atoms with E-state index in [9.17, 15) is 4.79 Å². The van der Waals surface area contributed by atoms with Crippen LogP contribution in [-0.4, -0.2) is 5.91 Å². The lowest BCUT2D eigenvalue weighted by molar-refractivity contribution is -0.118. The Morgan fingerprint density at radius 2 is 1.33 bits per heavy atom. The average Bonchev–Trinajstić information content (AvgIpc) is 2.71. The first-order valence-corrected chi connectivity index (χ1v) is 5.94. The predicted molar refractivity (Wildman–Crippen MR) is 72.8 cm³/mol. The Bertz CT molecular complexity index is 608. The van der Waals surface area contributed by atoms with Crippen LogP contribution in [0.1, 0.15) is 18.1 Å². The number of carbonyl (C=O) groups excluding carboxylic acids is 1. The molecular formula is C16H13NO. The van der Waals surface area contributed by atoms with Gasteiger partial charge < -0.3 is 5.32 Å². The van der Waals surface area contributed by atoms with E-state index in [1.807, 2.05) is 24.3 Å². The average molecular weight is 235 g/mol. The number of hydrogen-bond donors (Lipinski definition) is 1. The van der Waals surface area contributed by atoms with Gasteiger partial charge in [0.1, 0.15) is 0 Å². The van der Waals surface area contributed by atoms with Crippen LogP contribution in [0.2, 0.25) is 0 Å². The maximum absolute atomic E-state index is 11.1. The molecule has 0 aromatic heterocycles. The van der Waals surface area contributed by atoms with Gasteiger partial charge in [-0.15, -0.1) is 0 Å². The quantitative estimate of drug-likeness (QED) is 0.689. The molecule has 2 nitrogen and oxygen atoms in total. The molecule has 0 aliphatic heterocycles. The third-order valence-corrected chi connectivity index (χ3v) is 3.14. The van der Waals surface area contributed by atoms with Crippen LogP contribution >= 0.6 is 0 Å². The van der Waals surface area contributed by atoms with Crippen molar-refractivity contribution in [1.82, 2.24) is 5.32 Å². The molecule has 0 bridgehead atoms. The summed E-state index contributed by atoms with van der Waals surface area (Å²) in [6, 6.07) is 16.5. The number of nitrogens with one attached hydrogen (secondary N) is 1. The van der Waals surface area contributed by atoms with Crippen LogP contribution in [0.5, 0.6) is 0 Å². The van der Waals surface area contributed by atoms with Gasteiger partial charge in [0.2, 0.25) is 5.91 Å². The Hall–Kier alpha value is -2.35. The molecule has 2 aromatic carbocycles. The first kappa shape index (κ1) is 10.8. The summed E-state index contributed by atoms with van der Waals surface area (Å²) in [7, 11) is 0. The van der Waals surface area contributed by atoms with Gasteiger partial charge in [0.25, 0.3) is 0 Å². The molecule has 1 aliphatic rings. The number of fused-ring (bicyclic) bond motifs is 3. The highest BCUT2D eigenvalue weighted by Crippen LogP contribution is 2.43. The first-order chi connectivity index (χ1) is 8.77. The van der Waals surface area contributed by atoms with Gasteiger partial charge in [-0.25, -0.2) is 0 Å². The van der Waals surface area contributed by atoms with Crippen LogP contribution < -0.4 is 5.32 Å². The summed E-state index contributed by atoms with van der Waals surface area (Å²) in [4.78, 5) is 11.1. The first-order valence-electron chi connectivity index (χ1n) is 5.94. The van der Waals surface area contributed by atoms with Gasteiger partial charge >= 0.3 is 0 Å². The van der Waals surface area contributed by atoms with Crippen LogP contribution in [0.15, 0.2) is 54.7 Å². The molecule has 18 heavy (non-hydrogen) atoms. The third-order valence-electron chi connectivity index (χ3n) is 3.14. The molecule has 0 atom stereocenters. The number of hydrogen-bond acceptors (Lipinski definition) is 1. The Morgan fingerprint density at radius 3 is 1.78 bits per heavy atom. The molecule has 0 heterocycles. The molecule has 0 unspecified atom stereocenters. The maximum Gasteiger partial charge on any atom is 0.220 e. The second kappa shape index (κ2) is 4.15. The fourth-order valence-corrected chi connectivity index (χ4v) is 2.38. The second-order valence-corrected chi connectivity index (χ2v) is 4.35. The van der Waals surface area contributed by atoms with Crippen molar-refractivity contribution >= 4 is 11.5 Å². The zero-order valence-corrected chi connectivity index (χ0v) is 10.1. The van der Waals surface area contributed by atoms with Crippen LogP contribution in [-0.2, 0) is 4.79 Å². The fraction of sp³-hybridized carbons (Fsp3) is 0.0625.